The molecule has 6 aliphatic rings. The normalized spacial score (nSPS) is 44.4. The molecule has 5 fully saturated rings. The molecular formula is C36H48O18. The Labute approximate surface area is 309 Å². The van der Waals surface area contributed by atoms with E-state index in [2.05, 4.69) is 0 Å². The van der Waals surface area contributed by atoms with Gasteiger partial charge in [-0.25, -0.2) is 14.4 Å². The van der Waals surface area contributed by atoms with Crippen LogP contribution in [0.2, 0.25) is 0 Å². The number of allylic oxidation sites excluding steroid dienone is 2. The number of methoxy groups -OCH3 is 1. The lowest BCUT2D eigenvalue weighted by atomic mass is 9.38. The zero-order valence-corrected chi connectivity index (χ0v) is 30.9. The van der Waals surface area contributed by atoms with Crippen LogP contribution in [0.25, 0.3) is 0 Å². The zero-order chi connectivity index (χ0) is 40.0. The number of hydrogen-bond donors (Lipinski definition) is 6. The molecule has 1 unspecified atom stereocenters. The topological polar surface area (TPSA) is 271 Å². The van der Waals surface area contributed by atoms with E-state index < -0.39 is 131 Å². The van der Waals surface area contributed by atoms with Crippen molar-refractivity contribution in [3.8, 4) is 0 Å². The van der Waals surface area contributed by atoms with E-state index in [4.69, 9.17) is 33.2 Å². The summed E-state index contributed by atoms with van der Waals surface area (Å²) in [6.07, 6.45) is -14.4. The Morgan fingerprint density at radius 3 is 2.28 bits per heavy atom. The lowest BCUT2D eigenvalue weighted by Crippen LogP contribution is -2.79. The number of hydrogen-bond acceptors (Lipinski definition) is 18. The number of ether oxygens (including phenoxy) is 7. The lowest BCUT2D eigenvalue weighted by Gasteiger charge is -2.67. The van der Waals surface area contributed by atoms with Gasteiger partial charge in [0.2, 0.25) is 18.0 Å². The van der Waals surface area contributed by atoms with Crippen molar-refractivity contribution in [1.82, 2.24) is 0 Å². The zero-order valence-electron chi connectivity index (χ0n) is 30.9. The first-order valence-corrected chi connectivity index (χ1v) is 17.7. The van der Waals surface area contributed by atoms with Crippen LogP contribution in [-0.4, -0.2) is 147 Å². The van der Waals surface area contributed by atoms with Crippen LogP contribution in [0.1, 0.15) is 54.4 Å². The second kappa shape index (κ2) is 13.6. The Morgan fingerprint density at radius 2 is 1.67 bits per heavy atom. The lowest BCUT2D eigenvalue weighted by molar-refractivity contribution is -0.296. The monoisotopic (exact) mass is 768 g/mol. The molecule has 3 aliphatic carbocycles. The van der Waals surface area contributed by atoms with Crippen LogP contribution in [-0.2, 0) is 57.1 Å². The van der Waals surface area contributed by atoms with Crippen molar-refractivity contribution in [2.75, 3.05) is 20.3 Å². The molecule has 15 atom stereocenters. The maximum atomic E-state index is 14.1. The van der Waals surface area contributed by atoms with Gasteiger partial charge in [-0.1, -0.05) is 6.92 Å². The van der Waals surface area contributed by atoms with E-state index in [1.165, 1.54) is 27.7 Å². The summed E-state index contributed by atoms with van der Waals surface area (Å²) in [5, 5.41) is 64.8. The number of Topliss-reactive ketones (excluding diaryl/α,β-unsaturated/α-hetero) is 1. The fraction of sp³-hybridized carbons (Fsp3) is 0.750. The summed E-state index contributed by atoms with van der Waals surface area (Å²) >= 11 is 0. The first kappa shape index (κ1) is 40.2. The molecule has 0 aromatic heterocycles. The highest BCUT2D eigenvalue weighted by Gasteiger charge is 2.85. The van der Waals surface area contributed by atoms with Crippen molar-refractivity contribution in [2.24, 2.45) is 28.6 Å². The van der Waals surface area contributed by atoms with Crippen LogP contribution in [0.3, 0.4) is 0 Å². The summed E-state index contributed by atoms with van der Waals surface area (Å²) in [6.45, 7) is 7.94. The Hall–Kier alpha value is -3.49. The second-order valence-corrected chi connectivity index (χ2v) is 16.0. The molecule has 2 saturated carbocycles. The van der Waals surface area contributed by atoms with Gasteiger partial charge in [-0.15, -0.1) is 0 Å². The number of fused-ring (bicyclic) bond motifs is 2. The summed E-state index contributed by atoms with van der Waals surface area (Å²) in [7, 11) is 1.03. The Morgan fingerprint density at radius 1 is 1.00 bits per heavy atom. The fourth-order valence-electron chi connectivity index (χ4n) is 10.2. The van der Waals surface area contributed by atoms with Gasteiger partial charge in [0.05, 0.1) is 32.3 Å². The van der Waals surface area contributed by atoms with Gasteiger partial charge in [-0.05, 0) is 56.6 Å². The summed E-state index contributed by atoms with van der Waals surface area (Å²) in [6, 6.07) is 0. The number of carbonyl (C=O) groups is 5. The molecule has 1 spiro atoms. The van der Waals surface area contributed by atoms with E-state index in [0.717, 1.165) is 13.2 Å². The Kier molecular flexibility index (Phi) is 10.1. The number of carbonyl (C=O) groups excluding carboxylic acids is 5. The molecular weight excluding hydrogens is 720 g/mol. The van der Waals surface area contributed by atoms with E-state index >= 15 is 0 Å². The average molecular weight is 769 g/mol. The highest BCUT2D eigenvalue weighted by atomic mass is 16.7. The molecule has 6 rings (SSSR count). The predicted molar refractivity (Wildman–Crippen MR) is 175 cm³/mol. The largest absolute Gasteiger partial charge is 0.467 e. The molecule has 18 heteroatoms. The highest BCUT2D eigenvalue weighted by molar-refractivity contribution is 5.96. The number of aliphatic hydroxyl groups excluding tert-OH is 6. The van der Waals surface area contributed by atoms with Crippen molar-refractivity contribution in [3.63, 3.8) is 0 Å². The third-order valence-electron chi connectivity index (χ3n) is 12.8. The van der Waals surface area contributed by atoms with E-state index in [0.29, 0.717) is 5.57 Å². The maximum Gasteiger partial charge on any atom is 0.348 e. The van der Waals surface area contributed by atoms with Crippen LogP contribution in [0.5, 0.6) is 0 Å². The molecule has 0 amide bonds. The van der Waals surface area contributed by atoms with Crippen LogP contribution >= 0.6 is 0 Å². The van der Waals surface area contributed by atoms with Crippen molar-refractivity contribution in [2.45, 2.75) is 121 Å². The number of esters is 4. The first-order valence-electron chi connectivity index (χ1n) is 17.7. The van der Waals surface area contributed by atoms with E-state index in [9.17, 15) is 54.6 Å². The van der Waals surface area contributed by atoms with Crippen molar-refractivity contribution >= 4 is 29.7 Å². The molecule has 2 bridgehead atoms. The number of rotatable bonds is 8. The van der Waals surface area contributed by atoms with Crippen LogP contribution in [0.4, 0.5) is 0 Å². The van der Waals surface area contributed by atoms with Crippen LogP contribution < -0.4 is 0 Å². The highest BCUT2D eigenvalue weighted by Crippen LogP contribution is 2.73. The Balaban J connectivity index is 1.41. The average Bonchev–Trinajstić information content (AvgIpc) is 3.40. The minimum Gasteiger partial charge on any atom is -0.467 e. The predicted octanol–water partition coefficient (Wildman–Crippen LogP) is -1.90. The molecule has 3 saturated heterocycles. The maximum absolute atomic E-state index is 14.1. The number of aliphatic hydroxyl groups is 6. The SMILES string of the molecule is COC(=O)C12OC[C@]34[C@H]([C@@H](O)[C@@H]1O)[C@@]1(C)CC(=O)C(O[C@@H]5O[C@H](CO)[C@@H](O)[C@H](O)[C@H]5O)=C(C)[C@@H]1C[C@H]3OC(=O)[C@H](OC(=O)/C=C(\C)C(C)(C)OC(C)=O)[C@@H]24. The van der Waals surface area contributed by atoms with Crippen molar-refractivity contribution in [1.29, 1.82) is 0 Å². The molecule has 3 heterocycles. The smallest absolute Gasteiger partial charge is 0.348 e. The van der Waals surface area contributed by atoms with Gasteiger partial charge in [0, 0.05) is 30.8 Å². The minimum absolute atomic E-state index is 0.0183. The van der Waals surface area contributed by atoms with E-state index in [1.54, 1.807) is 13.8 Å². The summed E-state index contributed by atoms with van der Waals surface area (Å²) in [5.41, 5.74) is -5.89. The van der Waals surface area contributed by atoms with E-state index in [-0.39, 0.29) is 30.8 Å². The molecule has 54 heavy (non-hydrogen) atoms. The van der Waals surface area contributed by atoms with Gasteiger partial charge in [0.25, 0.3) is 0 Å². The minimum atomic E-state index is -2.41. The third-order valence-corrected chi connectivity index (χ3v) is 12.8. The van der Waals surface area contributed by atoms with Crippen molar-refractivity contribution < 1.29 is 87.8 Å². The molecule has 6 N–H and O–H groups in total. The van der Waals surface area contributed by atoms with Crippen LogP contribution in [0, 0.1) is 28.6 Å². The van der Waals surface area contributed by atoms with Gasteiger partial charge in [0.15, 0.2) is 11.5 Å². The van der Waals surface area contributed by atoms with Crippen LogP contribution in [0.15, 0.2) is 23.0 Å². The molecule has 18 nitrogen and oxygen atoms in total. The molecule has 3 aliphatic heterocycles. The van der Waals surface area contributed by atoms with E-state index in [1.807, 2.05) is 0 Å². The quantitative estimate of drug-likeness (QED) is 0.0894. The molecule has 300 valence electrons. The summed E-state index contributed by atoms with van der Waals surface area (Å²) < 4.78 is 39.6. The standard InChI is InChI=1S/C36H48O18/c1-13(33(4,5)54-15(3)38)8-20(40)52-26-28-35-12-49-36(28,32(47)48-7)29(45)24(44)27(35)34(6)10-17(39)25(14(2)16(34)9-19(35)51-30(26)46)53-31-23(43)22(42)21(41)18(11-37)50-31/h8,16,18-19,21-24,26-29,31,37,41-45H,9-12H2,1-7H3/b13-8+/t16-,18+,19+,21+,22-,23+,24+,26+,27+,28+,29-,31-,34-,35+,36?/m0/s1. The van der Waals surface area contributed by atoms with Crippen molar-refractivity contribution in [3.05, 3.63) is 23.0 Å². The van der Waals surface area contributed by atoms with Gasteiger partial charge < -0.3 is 63.8 Å². The molecule has 0 aromatic carbocycles. The van der Waals surface area contributed by atoms with Gasteiger partial charge in [-0.3, -0.25) is 9.59 Å². The first-order chi connectivity index (χ1) is 25.1. The fourth-order valence-corrected chi connectivity index (χ4v) is 10.2. The second-order valence-electron chi connectivity index (χ2n) is 16.0. The molecule has 0 radical (unpaired) electrons. The summed E-state index contributed by atoms with van der Waals surface area (Å²) in [5.74, 6) is -8.09. The van der Waals surface area contributed by atoms with Gasteiger partial charge in [0.1, 0.15) is 42.2 Å². The third kappa shape index (κ3) is 5.63. The van der Waals surface area contributed by atoms with Gasteiger partial charge >= 0.3 is 23.9 Å². The summed E-state index contributed by atoms with van der Waals surface area (Å²) in [4.78, 5) is 66.9. The van der Waals surface area contributed by atoms with Gasteiger partial charge in [-0.2, -0.15) is 0 Å². The molecule has 0 aromatic rings. The number of ketones is 1. The Bertz CT molecular complexity index is 1670.